The highest BCUT2D eigenvalue weighted by Gasteiger charge is 2.25. The van der Waals surface area contributed by atoms with Crippen LogP contribution in [0.25, 0.3) is 0 Å². The Morgan fingerprint density at radius 2 is 1.88 bits per heavy atom. The second-order valence-electron chi connectivity index (χ2n) is 7.40. The Labute approximate surface area is 160 Å². The minimum atomic E-state index is 0.778. The van der Waals surface area contributed by atoms with Crippen LogP contribution in [-0.2, 0) is 0 Å². The molecule has 0 radical (unpaired) electrons. The number of hydrogen-bond donors (Lipinski definition) is 2. The average Bonchev–Trinajstić information content (AvgIpc) is 3.02. The molecule has 0 bridgehead atoms. The first-order chi connectivity index (χ1) is 12.7. The van der Waals surface area contributed by atoms with Gasteiger partial charge in [0.1, 0.15) is 5.82 Å². The summed E-state index contributed by atoms with van der Waals surface area (Å²) in [5.74, 6) is 0.923. The first-order valence-corrected chi connectivity index (χ1v) is 10.6. The zero-order valence-corrected chi connectivity index (χ0v) is 16.6. The summed E-state index contributed by atoms with van der Waals surface area (Å²) in [7, 11) is 0. The largest absolute Gasteiger partial charge is 0.368 e. The molecule has 5 nitrogen and oxygen atoms in total. The van der Waals surface area contributed by atoms with Crippen LogP contribution in [-0.4, -0.2) is 55.2 Å². The van der Waals surface area contributed by atoms with E-state index in [1.165, 1.54) is 60.8 Å². The summed E-state index contributed by atoms with van der Waals surface area (Å²) >= 11 is 1.75. The summed E-state index contributed by atoms with van der Waals surface area (Å²) in [6, 6.07) is 5.08. The van der Waals surface area contributed by atoms with Crippen molar-refractivity contribution in [3.8, 4) is 0 Å². The molecule has 2 aliphatic heterocycles. The number of hydrogen-bond acceptors (Lipinski definition) is 6. The SMILES string of the molecule is Cc1csc(Nc2ccc(N3CCN(C4CCNCC4)CC3)cn2)c1C. The molecular weight excluding hydrogens is 342 g/mol. The lowest BCUT2D eigenvalue weighted by Gasteiger charge is -2.41. The highest BCUT2D eigenvalue weighted by atomic mass is 32.1. The van der Waals surface area contributed by atoms with Gasteiger partial charge in [0.05, 0.1) is 16.9 Å². The summed E-state index contributed by atoms with van der Waals surface area (Å²) < 4.78 is 0. The summed E-state index contributed by atoms with van der Waals surface area (Å²) in [6.45, 7) is 11.2. The zero-order valence-electron chi connectivity index (χ0n) is 15.8. The molecule has 2 aliphatic rings. The number of piperidine rings is 1. The van der Waals surface area contributed by atoms with Crippen LogP contribution in [0, 0.1) is 13.8 Å². The van der Waals surface area contributed by atoms with E-state index in [0.717, 1.165) is 24.9 Å². The molecule has 0 spiro atoms. The van der Waals surface area contributed by atoms with Crippen molar-refractivity contribution in [1.29, 1.82) is 0 Å². The van der Waals surface area contributed by atoms with Gasteiger partial charge in [0, 0.05) is 32.2 Å². The van der Waals surface area contributed by atoms with Gasteiger partial charge in [0.25, 0.3) is 0 Å². The van der Waals surface area contributed by atoms with E-state index in [9.17, 15) is 0 Å². The molecule has 2 aromatic heterocycles. The second-order valence-corrected chi connectivity index (χ2v) is 8.28. The van der Waals surface area contributed by atoms with Crippen molar-refractivity contribution < 1.29 is 0 Å². The van der Waals surface area contributed by atoms with Crippen molar-refractivity contribution >= 4 is 27.8 Å². The summed E-state index contributed by atoms with van der Waals surface area (Å²) in [6.07, 6.45) is 4.60. The number of anilines is 3. The molecule has 0 saturated carbocycles. The van der Waals surface area contributed by atoms with Crippen LogP contribution in [0.1, 0.15) is 24.0 Å². The molecule has 0 amide bonds. The van der Waals surface area contributed by atoms with Crippen LogP contribution >= 0.6 is 11.3 Å². The van der Waals surface area contributed by atoms with E-state index in [1.807, 2.05) is 6.20 Å². The van der Waals surface area contributed by atoms with E-state index in [4.69, 9.17) is 0 Å². The Balaban J connectivity index is 1.33. The Hall–Kier alpha value is -1.63. The number of nitrogens with one attached hydrogen (secondary N) is 2. The lowest BCUT2D eigenvalue weighted by atomic mass is 10.0. The maximum absolute atomic E-state index is 4.64. The number of aryl methyl sites for hydroxylation is 1. The molecule has 0 atom stereocenters. The fourth-order valence-corrected chi connectivity index (χ4v) is 4.88. The van der Waals surface area contributed by atoms with Crippen LogP contribution in [0.2, 0.25) is 0 Å². The highest BCUT2D eigenvalue weighted by molar-refractivity contribution is 7.14. The van der Waals surface area contributed by atoms with Crippen LogP contribution in [0.3, 0.4) is 0 Å². The van der Waals surface area contributed by atoms with Gasteiger partial charge in [0.15, 0.2) is 0 Å². The number of aromatic nitrogens is 1. The molecule has 6 heteroatoms. The van der Waals surface area contributed by atoms with Crippen molar-refractivity contribution in [3.63, 3.8) is 0 Å². The Kier molecular flexibility index (Phi) is 5.43. The monoisotopic (exact) mass is 371 g/mol. The topological polar surface area (TPSA) is 43.4 Å². The van der Waals surface area contributed by atoms with Crippen molar-refractivity contribution in [1.82, 2.24) is 15.2 Å². The van der Waals surface area contributed by atoms with Crippen LogP contribution in [0.5, 0.6) is 0 Å². The molecule has 2 aromatic rings. The molecule has 0 unspecified atom stereocenters. The lowest BCUT2D eigenvalue weighted by Crippen LogP contribution is -2.52. The Bertz CT molecular complexity index is 712. The minimum absolute atomic E-state index is 0.778. The first-order valence-electron chi connectivity index (χ1n) is 9.68. The quantitative estimate of drug-likeness (QED) is 0.863. The van der Waals surface area contributed by atoms with Crippen molar-refractivity contribution in [3.05, 3.63) is 34.8 Å². The van der Waals surface area contributed by atoms with Gasteiger partial charge in [-0.25, -0.2) is 4.98 Å². The van der Waals surface area contributed by atoms with Gasteiger partial charge in [-0.05, 0) is 68.4 Å². The molecular formula is C20H29N5S. The van der Waals surface area contributed by atoms with Crippen LogP contribution in [0.15, 0.2) is 23.7 Å². The molecule has 4 heterocycles. The van der Waals surface area contributed by atoms with Gasteiger partial charge in [-0.1, -0.05) is 0 Å². The van der Waals surface area contributed by atoms with Crippen LogP contribution in [0.4, 0.5) is 16.5 Å². The van der Waals surface area contributed by atoms with Gasteiger partial charge in [-0.3, -0.25) is 4.90 Å². The van der Waals surface area contributed by atoms with Crippen molar-refractivity contribution in [2.24, 2.45) is 0 Å². The molecule has 4 rings (SSSR count). The predicted molar refractivity (Wildman–Crippen MR) is 111 cm³/mol. The standard InChI is InChI=1S/C20H29N5S/c1-15-14-26-20(16(15)2)23-19-4-3-18(13-22-19)25-11-9-24(10-12-25)17-5-7-21-8-6-17/h3-4,13-14,17,21H,5-12H2,1-2H3,(H,22,23). The van der Waals surface area contributed by atoms with E-state index in [0.29, 0.717) is 0 Å². The average molecular weight is 372 g/mol. The predicted octanol–water partition coefficient (Wildman–Crippen LogP) is 3.38. The van der Waals surface area contributed by atoms with Crippen LogP contribution < -0.4 is 15.5 Å². The van der Waals surface area contributed by atoms with Gasteiger partial charge in [-0.2, -0.15) is 0 Å². The summed E-state index contributed by atoms with van der Waals surface area (Å²) in [5, 5.41) is 10.3. The molecule has 2 N–H and O–H groups in total. The summed E-state index contributed by atoms with van der Waals surface area (Å²) in [5.41, 5.74) is 3.88. The zero-order chi connectivity index (χ0) is 17.9. The molecule has 2 saturated heterocycles. The van der Waals surface area contributed by atoms with E-state index in [2.05, 4.69) is 56.8 Å². The molecule has 2 fully saturated rings. The number of nitrogens with zero attached hydrogens (tertiary/aromatic N) is 3. The van der Waals surface area contributed by atoms with Crippen molar-refractivity contribution in [2.75, 3.05) is 49.5 Å². The molecule has 26 heavy (non-hydrogen) atoms. The number of rotatable bonds is 4. The Morgan fingerprint density at radius 3 is 2.50 bits per heavy atom. The third-order valence-corrected chi connectivity index (χ3v) is 6.89. The summed E-state index contributed by atoms with van der Waals surface area (Å²) in [4.78, 5) is 9.79. The number of thiophene rings is 1. The van der Waals surface area contributed by atoms with E-state index in [1.54, 1.807) is 11.3 Å². The lowest BCUT2D eigenvalue weighted by molar-refractivity contribution is 0.153. The normalized spacial score (nSPS) is 19.7. The van der Waals surface area contributed by atoms with Gasteiger partial charge < -0.3 is 15.5 Å². The fraction of sp³-hybridized carbons (Fsp3) is 0.550. The first kappa shape index (κ1) is 17.8. The third kappa shape index (κ3) is 3.87. The maximum atomic E-state index is 4.64. The number of piperazine rings is 1. The smallest absolute Gasteiger partial charge is 0.131 e. The maximum Gasteiger partial charge on any atom is 0.131 e. The number of pyridine rings is 1. The molecule has 0 aliphatic carbocycles. The van der Waals surface area contributed by atoms with E-state index < -0.39 is 0 Å². The second kappa shape index (κ2) is 7.94. The fourth-order valence-electron chi connectivity index (χ4n) is 3.91. The van der Waals surface area contributed by atoms with Gasteiger partial charge >= 0.3 is 0 Å². The van der Waals surface area contributed by atoms with Crippen molar-refractivity contribution in [2.45, 2.75) is 32.7 Å². The highest BCUT2D eigenvalue weighted by Crippen LogP contribution is 2.29. The molecule has 0 aromatic carbocycles. The minimum Gasteiger partial charge on any atom is -0.368 e. The van der Waals surface area contributed by atoms with Gasteiger partial charge in [-0.15, -0.1) is 11.3 Å². The van der Waals surface area contributed by atoms with Gasteiger partial charge in [0.2, 0.25) is 0 Å². The Morgan fingerprint density at radius 1 is 1.12 bits per heavy atom. The third-order valence-electron chi connectivity index (χ3n) is 5.78. The van der Waals surface area contributed by atoms with E-state index >= 15 is 0 Å². The van der Waals surface area contributed by atoms with E-state index in [-0.39, 0.29) is 0 Å². The molecule has 140 valence electrons.